The van der Waals surface area contributed by atoms with Gasteiger partial charge in [-0.25, -0.2) is 4.98 Å². The summed E-state index contributed by atoms with van der Waals surface area (Å²) in [4.78, 5) is 27.5. The first-order valence-electron chi connectivity index (χ1n) is 7.83. The second-order valence-corrected chi connectivity index (χ2v) is 6.12. The Morgan fingerprint density at radius 1 is 1.20 bits per heavy atom. The van der Waals surface area contributed by atoms with Crippen molar-refractivity contribution in [2.24, 2.45) is 0 Å². The molecule has 0 spiro atoms. The molecule has 0 saturated heterocycles. The SMILES string of the molecule is COC(=O)CCCCNC(=O)c1cccnc1Oc1cccc(Br)c1. The van der Waals surface area contributed by atoms with E-state index in [9.17, 15) is 9.59 Å². The monoisotopic (exact) mass is 406 g/mol. The van der Waals surface area contributed by atoms with E-state index in [2.05, 4.69) is 31.0 Å². The number of methoxy groups -OCH3 is 1. The topological polar surface area (TPSA) is 77.5 Å². The number of carbonyl (C=O) groups excluding carboxylic acids is 2. The van der Waals surface area contributed by atoms with Gasteiger partial charge in [0.05, 0.1) is 7.11 Å². The Morgan fingerprint density at radius 2 is 2.04 bits per heavy atom. The number of benzene rings is 1. The zero-order valence-electron chi connectivity index (χ0n) is 13.8. The Bertz CT molecular complexity index is 737. The molecular weight excluding hydrogens is 388 g/mol. The average Bonchev–Trinajstić information content (AvgIpc) is 2.61. The first kappa shape index (κ1) is 18.9. The van der Waals surface area contributed by atoms with E-state index < -0.39 is 0 Å². The van der Waals surface area contributed by atoms with Crippen LogP contribution >= 0.6 is 15.9 Å². The number of nitrogens with one attached hydrogen (secondary N) is 1. The minimum absolute atomic E-state index is 0.243. The van der Waals surface area contributed by atoms with Crippen LogP contribution in [0.5, 0.6) is 11.6 Å². The minimum atomic E-state index is -0.267. The maximum absolute atomic E-state index is 12.3. The second-order valence-electron chi connectivity index (χ2n) is 5.20. The van der Waals surface area contributed by atoms with Gasteiger partial charge in [0.25, 0.3) is 5.91 Å². The fraction of sp³-hybridized carbons (Fsp3) is 0.278. The van der Waals surface area contributed by atoms with Crippen molar-refractivity contribution < 1.29 is 19.1 Å². The lowest BCUT2D eigenvalue weighted by Crippen LogP contribution is -2.25. The number of esters is 1. The van der Waals surface area contributed by atoms with Gasteiger partial charge in [-0.2, -0.15) is 0 Å². The smallest absolute Gasteiger partial charge is 0.305 e. The molecule has 25 heavy (non-hydrogen) atoms. The summed E-state index contributed by atoms with van der Waals surface area (Å²) in [5, 5.41) is 2.81. The second kappa shape index (κ2) is 9.78. The van der Waals surface area contributed by atoms with Gasteiger partial charge in [-0.1, -0.05) is 22.0 Å². The molecule has 1 amide bonds. The first-order chi connectivity index (χ1) is 12.1. The normalized spacial score (nSPS) is 10.2. The van der Waals surface area contributed by atoms with Gasteiger partial charge in [0.2, 0.25) is 5.88 Å². The molecule has 0 saturated carbocycles. The molecule has 1 heterocycles. The molecule has 0 unspecified atom stereocenters. The van der Waals surface area contributed by atoms with Crippen molar-refractivity contribution in [1.29, 1.82) is 0 Å². The predicted molar refractivity (Wildman–Crippen MR) is 96.7 cm³/mol. The standard InChI is InChI=1S/C18H19BrN2O4/c1-24-16(22)9-2-3-10-20-17(23)15-8-5-11-21-18(15)25-14-7-4-6-13(19)12-14/h4-8,11-12H,2-3,9-10H2,1H3,(H,20,23). The summed E-state index contributed by atoms with van der Waals surface area (Å²) in [6.45, 7) is 0.459. The van der Waals surface area contributed by atoms with Crippen molar-refractivity contribution in [2.45, 2.75) is 19.3 Å². The van der Waals surface area contributed by atoms with E-state index in [1.807, 2.05) is 12.1 Å². The van der Waals surface area contributed by atoms with Crippen LogP contribution in [0.4, 0.5) is 0 Å². The van der Waals surface area contributed by atoms with Crippen LogP contribution in [-0.4, -0.2) is 30.5 Å². The number of hydrogen-bond acceptors (Lipinski definition) is 5. The molecule has 0 atom stereocenters. The van der Waals surface area contributed by atoms with Gasteiger partial charge >= 0.3 is 5.97 Å². The number of ether oxygens (including phenoxy) is 2. The molecule has 0 aliphatic rings. The number of carbonyl (C=O) groups is 2. The molecular formula is C18H19BrN2O4. The third-order valence-electron chi connectivity index (χ3n) is 3.35. The zero-order valence-corrected chi connectivity index (χ0v) is 15.4. The van der Waals surface area contributed by atoms with Crippen molar-refractivity contribution in [3.05, 3.63) is 52.6 Å². The Balaban J connectivity index is 1.92. The largest absolute Gasteiger partial charge is 0.469 e. The van der Waals surface area contributed by atoms with Crippen molar-refractivity contribution in [2.75, 3.05) is 13.7 Å². The van der Waals surface area contributed by atoms with Crippen LogP contribution in [0, 0.1) is 0 Å². The Morgan fingerprint density at radius 3 is 2.80 bits per heavy atom. The predicted octanol–water partition coefficient (Wildman–Crippen LogP) is 3.71. The molecule has 0 aliphatic heterocycles. The van der Waals surface area contributed by atoms with Gasteiger partial charge in [-0.3, -0.25) is 9.59 Å². The molecule has 0 aliphatic carbocycles. The molecule has 1 N–H and O–H groups in total. The van der Waals surface area contributed by atoms with Crippen LogP contribution in [0.3, 0.4) is 0 Å². The highest BCUT2D eigenvalue weighted by atomic mass is 79.9. The quantitative estimate of drug-likeness (QED) is 0.533. The summed E-state index contributed by atoms with van der Waals surface area (Å²) in [6, 6.07) is 10.6. The van der Waals surface area contributed by atoms with Crippen LogP contribution in [0.1, 0.15) is 29.6 Å². The molecule has 0 bridgehead atoms. The summed E-state index contributed by atoms with van der Waals surface area (Å²) in [5.74, 6) is 0.312. The van der Waals surface area contributed by atoms with Crippen molar-refractivity contribution in [3.63, 3.8) is 0 Å². The van der Waals surface area contributed by atoms with Crippen LogP contribution in [0.2, 0.25) is 0 Å². The summed E-state index contributed by atoms with van der Waals surface area (Å²) in [5.41, 5.74) is 0.357. The Labute approximate surface area is 154 Å². The highest BCUT2D eigenvalue weighted by molar-refractivity contribution is 9.10. The van der Waals surface area contributed by atoms with Gasteiger partial charge in [0.1, 0.15) is 11.3 Å². The van der Waals surface area contributed by atoms with Gasteiger partial charge in [0, 0.05) is 23.6 Å². The van der Waals surface area contributed by atoms with Crippen molar-refractivity contribution in [3.8, 4) is 11.6 Å². The van der Waals surface area contributed by atoms with Crippen LogP contribution in [-0.2, 0) is 9.53 Å². The third-order valence-corrected chi connectivity index (χ3v) is 3.84. The molecule has 2 aromatic rings. The fourth-order valence-corrected chi connectivity index (χ4v) is 2.46. The van der Waals surface area contributed by atoms with Crippen LogP contribution < -0.4 is 10.1 Å². The lowest BCUT2D eigenvalue weighted by Gasteiger charge is -2.10. The van der Waals surface area contributed by atoms with E-state index >= 15 is 0 Å². The molecule has 1 aromatic heterocycles. The molecule has 2 rings (SSSR count). The number of pyridine rings is 1. The molecule has 6 nitrogen and oxygen atoms in total. The molecule has 132 valence electrons. The minimum Gasteiger partial charge on any atom is -0.469 e. The summed E-state index contributed by atoms with van der Waals surface area (Å²) >= 11 is 3.37. The van der Waals surface area contributed by atoms with Gasteiger partial charge in [0.15, 0.2) is 0 Å². The lowest BCUT2D eigenvalue weighted by molar-refractivity contribution is -0.140. The van der Waals surface area contributed by atoms with E-state index in [1.54, 1.807) is 30.5 Å². The molecule has 7 heteroatoms. The molecule has 1 aromatic carbocycles. The summed E-state index contributed by atoms with van der Waals surface area (Å²) in [6.07, 6.45) is 3.25. The number of hydrogen-bond donors (Lipinski definition) is 1. The number of halogens is 1. The van der Waals surface area contributed by atoms with Crippen LogP contribution in [0.15, 0.2) is 47.1 Å². The number of aromatic nitrogens is 1. The number of unbranched alkanes of at least 4 members (excludes halogenated alkanes) is 1. The van der Waals surface area contributed by atoms with Gasteiger partial charge in [-0.05, 0) is 43.2 Å². The molecule has 0 fully saturated rings. The average molecular weight is 407 g/mol. The molecule has 0 radical (unpaired) electrons. The maximum Gasteiger partial charge on any atom is 0.305 e. The maximum atomic E-state index is 12.3. The van der Waals surface area contributed by atoms with Gasteiger partial charge < -0.3 is 14.8 Å². The summed E-state index contributed by atoms with van der Waals surface area (Å²) < 4.78 is 11.2. The highest BCUT2D eigenvalue weighted by Crippen LogP contribution is 2.25. The van der Waals surface area contributed by atoms with Crippen molar-refractivity contribution >= 4 is 27.8 Å². The van der Waals surface area contributed by atoms with E-state index in [4.69, 9.17) is 4.74 Å². The summed E-state index contributed by atoms with van der Waals surface area (Å²) in [7, 11) is 1.36. The van der Waals surface area contributed by atoms with Crippen LogP contribution in [0.25, 0.3) is 0 Å². The van der Waals surface area contributed by atoms with E-state index in [0.29, 0.717) is 37.1 Å². The number of amides is 1. The van der Waals surface area contributed by atoms with E-state index in [0.717, 1.165) is 4.47 Å². The number of rotatable bonds is 8. The zero-order chi connectivity index (χ0) is 18.1. The number of nitrogens with zero attached hydrogens (tertiary/aromatic N) is 1. The van der Waals surface area contributed by atoms with Crippen molar-refractivity contribution in [1.82, 2.24) is 10.3 Å². The first-order valence-corrected chi connectivity index (χ1v) is 8.63. The Kier molecular flexibility index (Phi) is 7.40. The lowest BCUT2D eigenvalue weighted by atomic mass is 10.2. The third kappa shape index (κ3) is 6.19. The highest BCUT2D eigenvalue weighted by Gasteiger charge is 2.14. The fourth-order valence-electron chi connectivity index (χ4n) is 2.08. The Hall–Kier alpha value is -2.41. The van der Waals surface area contributed by atoms with E-state index in [-0.39, 0.29) is 17.8 Å². The van der Waals surface area contributed by atoms with E-state index in [1.165, 1.54) is 7.11 Å². The van der Waals surface area contributed by atoms with Gasteiger partial charge in [-0.15, -0.1) is 0 Å².